The highest BCUT2D eigenvalue weighted by Gasteiger charge is 2.45. The molecular formula is C24H31NO4. The Morgan fingerprint density at radius 3 is 2.52 bits per heavy atom. The molecule has 1 heterocycles. The Bertz CT molecular complexity index is 777. The fourth-order valence-electron chi connectivity index (χ4n) is 4.90. The molecule has 3 aliphatic rings. The van der Waals surface area contributed by atoms with E-state index in [0.29, 0.717) is 19.4 Å². The standard InChI is InChI=1S/C24H31NO4/c26-21(24(13-1-14-24)16-18-2-3-18)10-8-20-9-11-22(27)25(20)15-12-17-4-6-19(7-5-17)23(28)29/h4-8,10,18,20-21,26H,1-3,9,11-16H2,(H,28,29). The van der Waals surface area contributed by atoms with Crippen molar-refractivity contribution in [2.75, 3.05) is 6.54 Å². The van der Waals surface area contributed by atoms with Gasteiger partial charge in [-0.3, -0.25) is 4.79 Å². The Labute approximate surface area is 172 Å². The first-order valence-electron chi connectivity index (χ1n) is 10.9. The van der Waals surface area contributed by atoms with Gasteiger partial charge in [-0.15, -0.1) is 0 Å². The molecule has 2 N–H and O–H groups in total. The summed E-state index contributed by atoms with van der Waals surface area (Å²) in [7, 11) is 0. The van der Waals surface area contributed by atoms with Crippen LogP contribution in [-0.2, 0) is 11.2 Å². The van der Waals surface area contributed by atoms with Crippen molar-refractivity contribution in [3.63, 3.8) is 0 Å². The number of carbonyl (C=O) groups excluding carboxylic acids is 1. The third kappa shape index (κ3) is 4.55. The minimum absolute atomic E-state index is 0.0495. The van der Waals surface area contributed by atoms with Gasteiger partial charge >= 0.3 is 5.97 Å². The SMILES string of the molecule is O=C(O)c1ccc(CCN2C(=O)CCC2C=CC(O)C2(CC3CC3)CCC2)cc1. The van der Waals surface area contributed by atoms with E-state index in [2.05, 4.69) is 6.08 Å². The lowest BCUT2D eigenvalue weighted by Gasteiger charge is -2.45. The van der Waals surface area contributed by atoms with Gasteiger partial charge in [0.25, 0.3) is 0 Å². The van der Waals surface area contributed by atoms with Crippen LogP contribution in [0, 0.1) is 11.3 Å². The largest absolute Gasteiger partial charge is 0.478 e. The van der Waals surface area contributed by atoms with E-state index in [4.69, 9.17) is 5.11 Å². The lowest BCUT2D eigenvalue weighted by molar-refractivity contribution is -0.128. The minimum atomic E-state index is -0.930. The average Bonchev–Trinajstić information content (AvgIpc) is 3.43. The van der Waals surface area contributed by atoms with Crippen LogP contribution in [0.4, 0.5) is 0 Å². The molecule has 5 heteroatoms. The predicted octanol–water partition coefficient (Wildman–Crippen LogP) is 3.81. The number of carboxylic acid groups (broad SMARTS) is 1. The van der Waals surface area contributed by atoms with Gasteiger partial charge in [-0.05, 0) is 55.7 Å². The molecule has 0 aromatic heterocycles. The Morgan fingerprint density at radius 2 is 1.93 bits per heavy atom. The van der Waals surface area contributed by atoms with Crippen molar-refractivity contribution in [2.45, 2.75) is 69.9 Å². The summed E-state index contributed by atoms with van der Waals surface area (Å²) in [5.74, 6) is 0.0454. The Kier molecular flexibility index (Phi) is 5.77. The first-order valence-corrected chi connectivity index (χ1v) is 10.9. The Balaban J connectivity index is 1.35. The summed E-state index contributed by atoms with van der Waals surface area (Å²) in [5, 5.41) is 19.9. The average molecular weight is 398 g/mol. The van der Waals surface area contributed by atoms with E-state index in [0.717, 1.165) is 37.2 Å². The van der Waals surface area contributed by atoms with E-state index in [-0.39, 0.29) is 22.9 Å². The van der Waals surface area contributed by atoms with Crippen molar-refractivity contribution >= 4 is 11.9 Å². The molecule has 3 fully saturated rings. The zero-order valence-corrected chi connectivity index (χ0v) is 16.9. The number of hydrogen-bond acceptors (Lipinski definition) is 3. The first kappa shape index (κ1) is 20.1. The lowest BCUT2D eigenvalue weighted by atomic mass is 9.62. The summed E-state index contributed by atoms with van der Waals surface area (Å²) in [4.78, 5) is 25.2. The van der Waals surface area contributed by atoms with Gasteiger partial charge in [-0.25, -0.2) is 4.79 Å². The van der Waals surface area contributed by atoms with Crippen molar-refractivity contribution in [1.29, 1.82) is 0 Å². The molecule has 0 bridgehead atoms. The van der Waals surface area contributed by atoms with E-state index in [1.54, 1.807) is 12.1 Å². The van der Waals surface area contributed by atoms with Crippen LogP contribution in [0.3, 0.4) is 0 Å². The quantitative estimate of drug-likeness (QED) is 0.621. The van der Waals surface area contributed by atoms with Crippen molar-refractivity contribution < 1.29 is 19.8 Å². The number of rotatable bonds is 9. The van der Waals surface area contributed by atoms with Gasteiger partial charge in [-0.2, -0.15) is 0 Å². The molecule has 5 nitrogen and oxygen atoms in total. The molecule has 2 unspecified atom stereocenters. The number of aliphatic hydroxyl groups excluding tert-OH is 1. The van der Waals surface area contributed by atoms with Crippen LogP contribution in [-0.4, -0.2) is 45.7 Å². The molecule has 2 atom stereocenters. The summed E-state index contributed by atoms with van der Waals surface area (Å²) < 4.78 is 0. The van der Waals surface area contributed by atoms with Crippen LogP contribution in [0.1, 0.15) is 67.3 Å². The van der Waals surface area contributed by atoms with Gasteiger partial charge in [0.1, 0.15) is 0 Å². The number of benzene rings is 1. The van der Waals surface area contributed by atoms with Gasteiger partial charge in [0, 0.05) is 18.4 Å². The van der Waals surface area contributed by atoms with Crippen LogP contribution < -0.4 is 0 Å². The van der Waals surface area contributed by atoms with Crippen molar-refractivity contribution in [1.82, 2.24) is 4.90 Å². The fourth-order valence-corrected chi connectivity index (χ4v) is 4.90. The van der Waals surface area contributed by atoms with Gasteiger partial charge in [0.15, 0.2) is 0 Å². The number of likely N-dealkylation sites (tertiary alicyclic amines) is 1. The van der Waals surface area contributed by atoms with Crippen LogP contribution in [0.15, 0.2) is 36.4 Å². The van der Waals surface area contributed by atoms with Crippen LogP contribution in [0.2, 0.25) is 0 Å². The van der Waals surface area contributed by atoms with Gasteiger partial charge in [-0.1, -0.05) is 43.5 Å². The lowest BCUT2D eigenvalue weighted by Crippen LogP contribution is -2.41. The summed E-state index contributed by atoms with van der Waals surface area (Å²) >= 11 is 0. The molecule has 156 valence electrons. The third-order valence-corrected chi connectivity index (χ3v) is 7.10. The normalized spacial score (nSPS) is 24.7. The van der Waals surface area contributed by atoms with Crippen LogP contribution >= 0.6 is 0 Å². The van der Waals surface area contributed by atoms with E-state index in [1.807, 2.05) is 23.1 Å². The number of aromatic carboxylic acids is 1. The van der Waals surface area contributed by atoms with E-state index < -0.39 is 12.1 Å². The van der Waals surface area contributed by atoms with Crippen LogP contribution in [0.25, 0.3) is 0 Å². The predicted molar refractivity (Wildman–Crippen MR) is 111 cm³/mol. The number of carbonyl (C=O) groups is 2. The number of aliphatic hydroxyl groups is 1. The monoisotopic (exact) mass is 397 g/mol. The molecule has 1 amide bonds. The molecule has 1 aromatic rings. The fraction of sp³-hybridized carbons (Fsp3) is 0.583. The van der Waals surface area contributed by atoms with Crippen LogP contribution in [0.5, 0.6) is 0 Å². The van der Waals surface area contributed by atoms with Gasteiger partial charge < -0.3 is 15.1 Å². The number of nitrogens with zero attached hydrogens (tertiary/aromatic N) is 1. The Hall–Kier alpha value is -2.14. The maximum atomic E-state index is 12.4. The van der Waals surface area contributed by atoms with Gasteiger partial charge in [0.2, 0.25) is 5.91 Å². The smallest absolute Gasteiger partial charge is 0.335 e. The van der Waals surface area contributed by atoms with Crippen molar-refractivity contribution in [3.8, 4) is 0 Å². The second-order valence-electron chi connectivity index (χ2n) is 9.14. The second kappa shape index (κ2) is 8.31. The highest BCUT2D eigenvalue weighted by molar-refractivity contribution is 5.87. The van der Waals surface area contributed by atoms with E-state index >= 15 is 0 Å². The third-order valence-electron chi connectivity index (χ3n) is 7.10. The molecule has 1 aromatic carbocycles. The highest BCUT2D eigenvalue weighted by Crippen LogP contribution is 2.53. The molecule has 1 aliphatic heterocycles. The zero-order valence-electron chi connectivity index (χ0n) is 16.9. The molecule has 29 heavy (non-hydrogen) atoms. The Morgan fingerprint density at radius 1 is 1.21 bits per heavy atom. The second-order valence-corrected chi connectivity index (χ2v) is 9.14. The number of hydrogen-bond donors (Lipinski definition) is 2. The van der Waals surface area contributed by atoms with Gasteiger partial charge in [0.05, 0.1) is 17.7 Å². The summed E-state index contributed by atoms with van der Waals surface area (Å²) in [5.41, 5.74) is 1.38. The molecule has 0 radical (unpaired) electrons. The van der Waals surface area contributed by atoms with E-state index in [9.17, 15) is 14.7 Å². The highest BCUT2D eigenvalue weighted by atomic mass is 16.4. The molecular weight excluding hydrogens is 366 g/mol. The zero-order chi connectivity index (χ0) is 20.4. The maximum Gasteiger partial charge on any atom is 0.335 e. The first-order chi connectivity index (χ1) is 14.0. The molecule has 2 saturated carbocycles. The van der Waals surface area contributed by atoms with E-state index in [1.165, 1.54) is 19.3 Å². The summed E-state index contributed by atoms with van der Waals surface area (Å²) in [6.45, 7) is 0.615. The summed E-state index contributed by atoms with van der Waals surface area (Å²) in [6, 6.07) is 6.89. The molecule has 0 spiro atoms. The number of amides is 1. The minimum Gasteiger partial charge on any atom is -0.478 e. The van der Waals surface area contributed by atoms with Crippen molar-refractivity contribution in [2.24, 2.45) is 11.3 Å². The maximum absolute atomic E-state index is 12.4. The topological polar surface area (TPSA) is 77.8 Å². The number of carboxylic acids is 1. The van der Waals surface area contributed by atoms with Crippen molar-refractivity contribution in [3.05, 3.63) is 47.5 Å². The summed E-state index contributed by atoms with van der Waals surface area (Å²) in [6.07, 6.45) is 12.9. The molecule has 1 saturated heterocycles. The molecule has 4 rings (SSSR count). The molecule has 2 aliphatic carbocycles.